The molecular formula is C40H66N6O2. The minimum atomic E-state index is -0.653. The van der Waals surface area contributed by atoms with Crippen molar-refractivity contribution in [3.05, 3.63) is 70.8 Å². The number of benzene rings is 2. The van der Waals surface area contributed by atoms with Crippen molar-refractivity contribution in [3.63, 3.8) is 0 Å². The Morgan fingerprint density at radius 3 is 1.58 bits per heavy atom. The summed E-state index contributed by atoms with van der Waals surface area (Å²) in [6, 6.07) is 15.4. The first kappa shape index (κ1) is 39.7. The molecule has 0 spiro atoms. The van der Waals surface area contributed by atoms with Gasteiger partial charge in [-0.3, -0.25) is 9.59 Å². The molecule has 0 unspecified atom stereocenters. The Balaban J connectivity index is 1.80. The molecule has 0 bridgehead atoms. The van der Waals surface area contributed by atoms with Crippen molar-refractivity contribution in [2.24, 2.45) is 23.1 Å². The maximum Gasteiger partial charge on any atom is 0.240 e. The van der Waals surface area contributed by atoms with E-state index in [1.54, 1.807) is 0 Å². The van der Waals surface area contributed by atoms with E-state index in [9.17, 15) is 9.59 Å². The summed E-state index contributed by atoms with van der Waals surface area (Å²) in [6.45, 7) is 20.7. The lowest BCUT2D eigenvalue weighted by Gasteiger charge is -2.48. The summed E-state index contributed by atoms with van der Waals surface area (Å²) in [6.07, 6.45) is 4.45. The first-order valence-electron chi connectivity index (χ1n) is 18.2. The zero-order valence-corrected chi connectivity index (χ0v) is 31.2. The average molecular weight is 663 g/mol. The zero-order chi connectivity index (χ0) is 35.6. The molecule has 0 aromatic heterocycles. The van der Waals surface area contributed by atoms with Gasteiger partial charge in [0.1, 0.15) is 0 Å². The second-order valence-corrected chi connectivity index (χ2v) is 16.5. The van der Waals surface area contributed by atoms with Crippen LogP contribution in [0.5, 0.6) is 0 Å². The number of unbranched alkanes of at least 4 members (excludes halogenated alkanes) is 1. The number of nitrogens with two attached hydrogens (primary N) is 3. The van der Waals surface area contributed by atoms with E-state index in [-0.39, 0.29) is 34.7 Å². The molecule has 1 aliphatic heterocycles. The molecule has 1 heterocycles. The van der Waals surface area contributed by atoms with E-state index in [1.165, 1.54) is 11.1 Å². The predicted molar refractivity (Wildman–Crippen MR) is 200 cm³/mol. The van der Waals surface area contributed by atoms with E-state index in [0.717, 1.165) is 49.9 Å². The van der Waals surface area contributed by atoms with Gasteiger partial charge in [-0.1, -0.05) is 110 Å². The largest absolute Gasteiger partial charge is 0.335 e. The summed E-state index contributed by atoms with van der Waals surface area (Å²) < 4.78 is 0. The lowest BCUT2D eigenvalue weighted by Crippen LogP contribution is -2.65. The third-order valence-corrected chi connectivity index (χ3v) is 9.65. The summed E-state index contributed by atoms with van der Waals surface area (Å²) in [5.74, 6) is 0.277. The molecule has 268 valence electrons. The summed E-state index contributed by atoms with van der Waals surface area (Å²) >= 11 is 0. The monoisotopic (exact) mass is 663 g/mol. The zero-order valence-electron chi connectivity index (χ0n) is 31.2. The predicted octanol–water partition coefficient (Wildman–Crippen LogP) is 4.89. The van der Waals surface area contributed by atoms with Gasteiger partial charge in [0.25, 0.3) is 0 Å². The van der Waals surface area contributed by atoms with Gasteiger partial charge in [-0.25, -0.2) is 0 Å². The number of amides is 2. The van der Waals surface area contributed by atoms with E-state index in [1.807, 2.05) is 9.80 Å². The smallest absolute Gasteiger partial charge is 0.240 e. The molecule has 3 rings (SSSR count). The lowest BCUT2D eigenvalue weighted by atomic mass is 9.86. The Labute approximate surface area is 291 Å². The Morgan fingerprint density at radius 2 is 1.17 bits per heavy atom. The van der Waals surface area contributed by atoms with Gasteiger partial charge in [0.2, 0.25) is 11.8 Å². The minimum absolute atomic E-state index is 0.0366. The van der Waals surface area contributed by atoms with Crippen molar-refractivity contribution in [1.29, 1.82) is 0 Å². The van der Waals surface area contributed by atoms with Crippen LogP contribution in [0.1, 0.15) is 103 Å². The standard InChI is InChI=1S/C40H66N6O2/c1-28(2)23-34-27-45(37(47)35(42)24-29-12-16-31(17-13-29)39(3,4)5)33(11-9-10-21-44-22-20-41)26-46(34)38(48)36(43)25-30-14-18-32(19-15-30)40(6,7)8/h12-19,28,33-36,44H,9-11,20-27,41-43H2,1-8H3/t33-,34+,35+,36+/m0/s1. The van der Waals surface area contributed by atoms with Crippen molar-refractivity contribution >= 4 is 11.8 Å². The second-order valence-electron chi connectivity index (χ2n) is 16.5. The first-order chi connectivity index (χ1) is 22.5. The van der Waals surface area contributed by atoms with Crippen molar-refractivity contribution in [2.45, 2.75) is 129 Å². The van der Waals surface area contributed by atoms with Gasteiger partial charge in [-0.2, -0.15) is 0 Å². The SMILES string of the molecule is CC(C)C[C@@H]1CN(C(=O)[C@H](N)Cc2ccc(C(C)(C)C)cc2)[C@@H](CCCCNCCN)CN1C(=O)[C@H](N)Cc1ccc(C(C)(C)C)cc1. The fourth-order valence-electron chi connectivity index (χ4n) is 6.73. The van der Waals surface area contributed by atoms with E-state index < -0.39 is 12.1 Å². The molecule has 8 nitrogen and oxygen atoms in total. The lowest BCUT2D eigenvalue weighted by molar-refractivity contribution is -0.149. The Kier molecular flexibility index (Phi) is 14.7. The van der Waals surface area contributed by atoms with Crippen LogP contribution in [0.15, 0.2) is 48.5 Å². The number of hydrogen-bond acceptors (Lipinski definition) is 6. The van der Waals surface area contributed by atoms with Gasteiger partial charge in [0.05, 0.1) is 12.1 Å². The number of hydrogen-bond donors (Lipinski definition) is 4. The molecule has 2 aromatic rings. The van der Waals surface area contributed by atoms with E-state index >= 15 is 0 Å². The fraction of sp³-hybridized carbons (Fsp3) is 0.650. The van der Waals surface area contributed by atoms with Crippen LogP contribution in [0.4, 0.5) is 0 Å². The number of nitrogens with one attached hydrogen (secondary N) is 1. The second kappa shape index (κ2) is 17.7. The molecule has 0 aliphatic carbocycles. The van der Waals surface area contributed by atoms with Gasteiger partial charge in [-0.05, 0) is 77.7 Å². The summed E-state index contributed by atoms with van der Waals surface area (Å²) in [5, 5.41) is 3.36. The topological polar surface area (TPSA) is 131 Å². The van der Waals surface area contributed by atoms with Gasteiger partial charge in [-0.15, -0.1) is 0 Å². The van der Waals surface area contributed by atoms with E-state index in [0.29, 0.717) is 38.4 Å². The molecule has 1 saturated heterocycles. The third kappa shape index (κ3) is 11.7. The van der Waals surface area contributed by atoms with Crippen LogP contribution in [-0.4, -0.2) is 78.5 Å². The van der Waals surface area contributed by atoms with Crippen LogP contribution >= 0.6 is 0 Å². The quantitative estimate of drug-likeness (QED) is 0.201. The molecule has 0 saturated carbocycles. The molecule has 7 N–H and O–H groups in total. The highest BCUT2D eigenvalue weighted by Crippen LogP contribution is 2.27. The van der Waals surface area contributed by atoms with E-state index in [2.05, 4.69) is 109 Å². The number of piperazine rings is 1. The van der Waals surface area contributed by atoms with Crippen LogP contribution in [0.2, 0.25) is 0 Å². The molecule has 2 aromatic carbocycles. The molecule has 8 heteroatoms. The van der Waals surface area contributed by atoms with Crippen molar-refractivity contribution in [3.8, 4) is 0 Å². The average Bonchev–Trinajstić information content (AvgIpc) is 3.01. The van der Waals surface area contributed by atoms with Crippen LogP contribution in [0.25, 0.3) is 0 Å². The van der Waals surface area contributed by atoms with Gasteiger partial charge in [0, 0.05) is 38.3 Å². The highest BCUT2D eigenvalue weighted by atomic mass is 16.2. The summed E-state index contributed by atoms with van der Waals surface area (Å²) in [5.41, 5.74) is 23.7. The van der Waals surface area contributed by atoms with E-state index in [4.69, 9.17) is 17.2 Å². The Morgan fingerprint density at radius 1 is 0.729 bits per heavy atom. The number of carbonyl (C=O) groups is 2. The highest BCUT2D eigenvalue weighted by Gasteiger charge is 2.41. The van der Waals surface area contributed by atoms with Crippen LogP contribution in [-0.2, 0) is 33.3 Å². The number of rotatable bonds is 15. The number of carbonyl (C=O) groups excluding carboxylic acids is 2. The van der Waals surface area contributed by atoms with Gasteiger partial charge in [0.15, 0.2) is 0 Å². The van der Waals surface area contributed by atoms with Gasteiger partial charge >= 0.3 is 0 Å². The van der Waals surface area contributed by atoms with Crippen LogP contribution in [0.3, 0.4) is 0 Å². The Hall–Kier alpha value is -2.78. The molecule has 1 aliphatic rings. The molecular weight excluding hydrogens is 596 g/mol. The fourth-order valence-corrected chi connectivity index (χ4v) is 6.73. The van der Waals surface area contributed by atoms with Crippen molar-refractivity contribution in [1.82, 2.24) is 15.1 Å². The maximum atomic E-state index is 14.1. The normalized spacial score (nSPS) is 18.7. The highest BCUT2D eigenvalue weighted by molar-refractivity contribution is 5.85. The molecule has 2 amide bonds. The molecule has 0 radical (unpaired) electrons. The van der Waals surface area contributed by atoms with Crippen molar-refractivity contribution in [2.75, 3.05) is 32.7 Å². The maximum absolute atomic E-state index is 14.1. The minimum Gasteiger partial charge on any atom is -0.335 e. The van der Waals surface area contributed by atoms with Crippen molar-refractivity contribution < 1.29 is 9.59 Å². The first-order valence-corrected chi connectivity index (χ1v) is 18.2. The van der Waals surface area contributed by atoms with Crippen LogP contribution in [0, 0.1) is 5.92 Å². The van der Waals surface area contributed by atoms with Gasteiger partial charge < -0.3 is 32.3 Å². The van der Waals surface area contributed by atoms with Crippen LogP contribution < -0.4 is 22.5 Å². The summed E-state index contributed by atoms with van der Waals surface area (Å²) in [4.78, 5) is 32.2. The molecule has 48 heavy (non-hydrogen) atoms. The summed E-state index contributed by atoms with van der Waals surface area (Å²) in [7, 11) is 0. The molecule has 4 atom stereocenters. The third-order valence-electron chi connectivity index (χ3n) is 9.65. The Bertz CT molecular complexity index is 1280. The molecule has 1 fully saturated rings. The number of nitrogens with zero attached hydrogens (tertiary/aromatic N) is 2.